The van der Waals surface area contributed by atoms with Gasteiger partial charge in [0.1, 0.15) is 25.1 Å². The first kappa shape index (κ1) is 33.1. The lowest BCUT2D eigenvalue weighted by Crippen LogP contribution is -2.47. The number of rotatable bonds is 4. The quantitative estimate of drug-likeness (QED) is 0.346. The van der Waals surface area contributed by atoms with E-state index in [0.717, 1.165) is 16.7 Å². The molecule has 1 heterocycles. The fourth-order valence-electron chi connectivity index (χ4n) is 3.46. The van der Waals surface area contributed by atoms with Crippen molar-refractivity contribution in [3.63, 3.8) is 0 Å². The molecule has 0 bridgehead atoms. The van der Waals surface area contributed by atoms with Gasteiger partial charge in [0, 0.05) is 10.0 Å². The highest BCUT2D eigenvalue weighted by atomic mass is 35.5. The minimum atomic E-state index is -1.08. The molecular formula is C30H36Cl2FNO4. The Morgan fingerprint density at radius 3 is 1.79 bits per heavy atom. The van der Waals surface area contributed by atoms with Gasteiger partial charge in [-0.1, -0.05) is 99.3 Å². The lowest BCUT2D eigenvalue weighted by Gasteiger charge is -2.40. The zero-order valence-corrected chi connectivity index (χ0v) is 24.0. The number of ether oxygens (including phenoxy) is 1. The summed E-state index contributed by atoms with van der Waals surface area (Å²) in [7, 11) is 0. The summed E-state index contributed by atoms with van der Waals surface area (Å²) < 4.78 is 17.9. The van der Waals surface area contributed by atoms with E-state index in [4.69, 9.17) is 27.9 Å². The highest BCUT2D eigenvalue weighted by molar-refractivity contribution is 6.30. The SMILES string of the molecule is CC.CCC.Cc1ccc(F)cc1.O=C(O)CN1C(=O)COC(c2ccc(Cl)cc2)C1c1ccc(Cl)cc1. The second-order valence-electron chi connectivity index (χ2n) is 8.20. The van der Waals surface area contributed by atoms with E-state index in [0.29, 0.717) is 10.0 Å². The summed E-state index contributed by atoms with van der Waals surface area (Å²) in [6.45, 7) is 9.60. The Morgan fingerprint density at radius 2 is 1.37 bits per heavy atom. The van der Waals surface area contributed by atoms with Crippen molar-refractivity contribution >= 4 is 35.1 Å². The molecule has 5 nitrogen and oxygen atoms in total. The third-order valence-electron chi connectivity index (χ3n) is 5.06. The predicted octanol–water partition coefficient (Wildman–Crippen LogP) is 8.30. The van der Waals surface area contributed by atoms with Gasteiger partial charge in [0.2, 0.25) is 5.91 Å². The molecule has 3 aromatic carbocycles. The summed E-state index contributed by atoms with van der Waals surface area (Å²) in [6, 6.07) is 19.9. The van der Waals surface area contributed by atoms with Crippen molar-refractivity contribution in [2.75, 3.05) is 13.2 Å². The maximum atomic E-state index is 12.3. The van der Waals surface area contributed by atoms with Gasteiger partial charge < -0.3 is 14.7 Å². The fraction of sp³-hybridized carbons (Fsp3) is 0.333. The number of hydrogen-bond acceptors (Lipinski definition) is 3. The van der Waals surface area contributed by atoms with Crippen LogP contribution < -0.4 is 0 Å². The second-order valence-corrected chi connectivity index (χ2v) is 9.07. The van der Waals surface area contributed by atoms with Crippen LogP contribution in [0.25, 0.3) is 0 Å². The molecule has 1 aliphatic heterocycles. The number of carbonyl (C=O) groups is 2. The summed E-state index contributed by atoms with van der Waals surface area (Å²) in [5.74, 6) is -1.62. The largest absolute Gasteiger partial charge is 0.480 e. The van der Waals surface area contributed by atoms with E-state index in [1.807, 2.05) is 32.9 Å². The number of nitrogens with zero attached hydrogens (tertiary/aromatic N) is 1. The van der Waals surface area contributed by atoms with Crippen LogP contribution in [0, 0.1) is 12.7 Å². The van der Waals surface area contributed by atoms with Crippen molar-refractivity contribution in [1.29, 1.82) is 0 Å². The van der Waals surface area contributed by atoms with Crippen LogP contribution in [-0.4, -0.2) is 35.0 Å². The third-order valence-corrected chi connectivity index (χ3v) is 5.56. The van der Waals surface area contributed by atoms with Gasteiger partial charge in [0.15, 0.2) is 0 Å². The first-order chi connectivity index (χ1) is 18.2. The minimum Gasteiger partial charge on any atom is -0.480 e. The van der Waals surface area contributed by atoms with E-state index in [9.17, 15) is 19.1 Å². The van der Waals surface area contributed by atoms with Gasteiger partial charge in [-0.05, 0) is 54.4 Å². The highest BCUT2D eigenvalue weighted by Gasteiger charge is 2.39. The molecule has 1 amide bonds. The van der Waals surface area contributed by atoms with E-state index >= 15 is 0 Å². The lowest BCUT2D eigenvalue weighted by atomic mass is 9.92. The van der Waals surface area contributed by atoms with E-state index < -0.39 is 24.7 Å². The monoisotopic (exact) mass is 563 g/mol. The topological polar surface area (TPSA) is 66.8 Å². The number of morpholine rings is 1. The third kappa shape index (κ3) is 10.8. The lowest BCUT2D eigenvalue weighted by molar-refractivity contribution is -0.164. The van der Waals surface area contributed by atoms with Crippen LogP contribution in [0.3, 0.4) is 0 Å². The summed E-state index contributed by atoms with van der Waals surface area (Å²) >= 11 is 11.9. The maximum absolute atomic E-state index is 12.3. The molecule has 2 atom stereocenters. The van der Waals surface area contributed by atoms with E-state index in [1.54, 1.807) is 48.5 Å². The number of benzene rings is 3. The first-order valence-corrected chi connectivity index (χ1v) is 13.3. The van der Waals surface area contributed by atoms with Gasteiger partial charge >= 0.3 is 5.97 Å². The number of carboxylic acid groups (broad SMARTS) is 1. The second kappa shape index (κ2) is 17.6. The fourth-order valence-corrected chi connectivity index (χ4v) is 3.72. The molecule has 8 heteroatoms. The zero-order valence-electron chi connectivity index (χ0n) is 22.5. The van der Waals surface area contributed by atoms with Crippen molar-refractivity contribution < 1.29 is 23.8 Å². The molecule has 1 aliphatic rings. The van der Waals surface area contributed by atoms with E-state index in [2.05, 4.69) is 13.8 Å². The number of aliphatic carboxylic acids is 1. The van der Waals surface area contributed by atoms with Gasteiger partial charge in [-0.2, -0.15) is 0 Å². The molecule has 0 aliphatic carbocycles. The standard InChI is InChI=1S/C18H15Cl2NO4.C7H7F.C3H8.C2H6/c19-13-5-1-11(2-6-13)17-18(12-3-7-14(20)8-4-12)25-10-15(22)21(17)9-16(23)24;1-6-2-4-7(8)5-3-6;1-3-2;1-2/h1-8,17-18H,9-10H2,(H,23,24);2-5H,1H3;3H2,1-2H3;1-2H3. The number of amides is 1. The van der Waals surface area contributed by atoms with Crippen LogP contribution in [0.4, 0.5) is 4.39 Å². The van der Waals surface area contributed by atoms with Crippen LogP contribution in [0.2, 0.25) is 10.0 Å². The molecule has 206 valence electrons. The smallest absolute Gasteiger partial charge is 0.323 e. The Hall–Kier alpha value is -2.93. The van der Waals surface area contributed by atoms with Crippen molar-refractivity contribution in [3.8, 4) is 0 Å². The summed E-state index contributed by atoms with van der Waals surface area (Å²) in [4.78, 5) is 24.9. The van der Waals surface area contributed by atoms with Crippen LogP contribution in [0.15, 0.2) is 72.8 Å². The molecule has 4 rings (SSSR count). The highest BCUT2D eigenvalue weighted by Crippen LogP contribution is 2.40. The van der Waals surface area contributed by atoms with Crippen LogP contribution in [0.1, 0.15) is 63.0 Å². The maximum Gasteiger partial charge on any atom is 0.323 e. The van der Waals surface area contributed by atoms with Crippen molar-refractivity contribution in [3.05, 3.63) is 105 Å². The Labute approximate surface area is 235 Å². The number of hydrogen-bond donors (Lipinski definition) is 1. The summed E-state index contributed by atoms with van der Waals surface area (Å²) in [5.41, 5.74) is 2.65. The van der Waals surface area contributed by atoms with Crippen molar-refractivity contribution in [2.24, 2.45) is 0 Å². The predicted molar refractivity (Wildman–Crippen MR) is 152 cm³/mol. The Balaban J connectivity index is 0.000000461. The zero-order chi connectivity index (χ0) is 28.7. The Morgan fingerprint density at radius 1 is 0.921 bits per heavy atom. The summed E-state index contributed by atoms with van der Waals surface area (Å²) in [6.07, 6.45) is 0.746. The molecule has 3 aromatic rings. The number of carbonyl (C=O) groups excluding carboxylic acids is 1. The van der Waals surface area contributed by atoms with Gasteiger partial charge in [0.05, 0.1) is 6.04 Å². The van der Waals surface area contributed by atoms with E-state index in [-0.39, 0.29) is 18.3 Å². The van der Waals surface area contributed by atoms with Gasteiger partial charge in [-0.3, -0.25) is 9.59 Å². The molecule has 1 saturated heterocycles. The molecule has 1 N–H and O–H groups in total. The van der Waals surface area contributed by atoms with Crippen molar-refractivity contribution in [1.82, 2.24) is 4.90 Å². The van der Waals surface area contributed by atoms with Gasteiger partial charge in [-0.25, -0.2) is 4.39 Å². The van der Waals surface area contributed by atoms with Crippen molar-refractivity contribution in [2.45, 2.75) is 53.2 Å². The average molecular weight is 565 g/mol. The number of halogens is 3. The molecule has 2 unspecified atom stereocenters. The normalized spacial score (nSPS) is 16.1. The summed E-state index contributed by atoms with van der Waals surface area (Å²) in [5, 5.41) is 10.4. The molecule has 38 heavy (non-hydrogen) atoms. The molecule has 0 radical (unpaired) electrons. The van der Waals surface area contributed by atoms with Gasteiger partial charge in [0.25, 0.3) is 0 Å². The minimum absolute atomic E-state index is 0.171. The van der Waals surface area contributed by atoms with Crippen LogP contribution >= 0.6 is 23.2 Å². The van der Waals surface area contributed by atoms with Crippen LogP contribution in [-0.2, 0) is 14.3 Å². The molecule has 1 fully saturated rings. The number of carboxylic acids is 1. The molecule has 0 spiro atoms. The molecule has 0 saturated carbocycles. The Bertz CT molecular complexity index is 1090. The average Bonchev–Trinajstić information content (AvgIpc) is 2.90. The van der Waals surface area contributed by atoms with Gasteiger partial charge in [-0.15, -0.1) is 0 Å². The van der Waals surface area contributed by atoms with Crippen LogP contribution in [0.5, 0.6) is 0 Å². The number of aryl methyl sites for hydroxylation is 1. The molecule has 0 aromatic heterocycles. The molecular weight excluding hydrogens is 528 g/mol. The van der Waals surface area contributed by atoms with E-state index in [1.165, 1.54) is 23.5 Å². The first-order valence-electron chi connectivity index (χ1n) is 12.5. The Kier molecular flexibility index (Phi) is 15.3.